The zero-order chi connectivity index (χ0) is 15.8. The van der Waals surface area contributed by atoms with Crippen molar-refractivity contribution in [1.29, 1.82) is 0 Å². The second kappa shape index (κ2) is 8.99. The Bertz CT molecular complexity index is 513. The molecule has 0 amide bonds. The van der Waals surface area contributed by atoms with E-state index in [4.69, 9.17) is 14.6 Å². The van der Waals surface area contributed by atoms with Crippen LogP contribution in [0.3, 0.4) is 0 Å². The largest absolute Gasteiger partial charge is 0.493 e. The third-order valence-corrected chi connectivity index (χ3v) is 3.65. The number of esters is 1. The van der Waals surface area contributed by atoms with Crippen LogP contribution in [0.1, 0.15) is 31.7 Å². The molecule has 5 nitrogen and oxygen atoms in total. The first kappa shape index (κ1) is 17.9. The van der Waals surface area contributed by atoms with Gasteiger partial charge in [0.1, 0.15) is 5.78 Å². The number of Topliss-reactive ketones (excluding diaryl/α,β-unsaturated/α-hetero) is 1. The van der Waals surface area contributed by atoms with E-state index in [1.807, 2.05) is 12.1 Å². The number of carbonyl (C=O) groups is 2. The molecular formula is C15H19IO5. The van der Waals surface area contributed by atoms with E-state index >= 15 is 0 Å². The molecule has 0 unspecified atom stereocenters. The van der Waals surface area contributed by atoms with Crippen LogP contribution in [0.4, 0.5) is 0 Å². The van der Waals surface area contributed by atoms with Gasteiger partial charge in [-0.1, -0.05) is 0 Å². The molecule has 1 rings (SSSR count). The van der Waals surface area contributed by atoms with E-state index in [-0.39, 0.29) is 18.8 Å². The molecule has 0 atom stereocenters. The van der Waals surface area contributed by atoms with Gasteiger partial charge in [-0.05, 0) is 53.1 Å². The molecular weight excluding hydrogens is 387 g/mol. The Kier molecular flexibility index (Phi) is 7.66. The second-order valence-corrected chi connectivity index (χ2v) is 5.73. The van der Waals surface area contributed by atoms with Crippen LogP contribution in [-0.4, -0.2) is 30.6 Å². The van der Waals surface area contributed by atoms with E-state index in [9.17, 15) is 9.59 Å². The molecule has 1 N–H and O–H groups in total. The predicted molar refractivity (Wildman–Crippen MR) is 86.7 cm³/mol. The van der Waals surface area contributed by atoms with E-state index in [1.165, 1.54) is 14.0 Å². The fraction of sp³-hybridized carbons (Fsp3) is 0.467. The Morgan fingerprint density at radius 2 is 2.00 bits per heavy atom. The van der Waals surface area contributed by atoms with Crippen molar-refractivity contribution in [3.63, 3.8) is 0 Å². The number of hydrogen-bond donors (Lipinski definition) is 1. The minimum Gasteiger partial charge on any atom is -0.493 e. The predicted octanol–water partition coefficient (Wildman–Crippen LogP) is 2.50. The zero-order valence-electron chi connectivity index (χ0n) is 12.1. The number of rotatable bonds is 8. The molecule has 0 spiro atoms. The number of aliphatic hydroxyl groups is 1. The van der Waals surface area contributed by atoms with Crippen molar-refractivity contribution in [3.8, 4) is 11.5 Å². The summed E-state index contributed by atoms with van der Waals surface area (Å²) in [5.74, 6) is 0.601. The number of carbonyl (C=O) groups excluding carboxylic acids is 2. The van der Waals surface area contributed by atoms with E-state index in [2.05, 4.69) is 22.6 Å². The van der Waals surface area contributed by atoms with Crippen LogP contribution in [0, 0.1) is 3.57 Å². The first-order valence-electron chi connectivity index (χ1n) is 6.65. The van der Waals surface area contributed by atoms with Crippen molar-refractivity contribution in [1.82, 2.24) is 0 Å². The van der Waals surface area contributed by atoms with Gasteiger partial charge in [0, 0.05) is 26.4 Å². The SMILES string of the molecule is COc1cc(CCCC(=O)CCO)cc(I)c1OC(C)=O. The number of aliphatic hydroxyl groups excluding tert-OH is 1. The summed E-state index contributed by atoms with van der Waals surface area (Å²) in [6, 6.07) is 3.73. The smallest absolute Gasteiger partial charge is 0.308 e. The van der Waals surface area contributed by atoms with Gasteiger partial charge >= 0.3 is 5.97 Å². The number of aryl methyl sites for hydroxylation is 1. The number of methoxy groups -OCH3 is 1. The summed E-state index contributed by atoms with van der Waals surface area (Å²) in [4.78, 5) is 22.4. The molecule has 0 aliphatic carbocycles. The molecule has 116 valence electrons. The maximum absolute atomic E-state index is 11.4. The van der Waals surface area contributed by atoms with Gasteiger partial charge in [0.2, 0.25) is 0 Å². The monoisotopic (exact) mass is 406 g/mol. The van der Waals surface area contributed by atoms with Gasteiger partial charge in [0.25, 0.3) is 0 Å². The summed E-state index contributed by atoms with van der Waals surface area (Å²) in [6.07, 6.45) is 2.10. The molecule has 0 saturated carbocycles. The first-order chi connectivity index (χ1) is 9.97. The summed E-state index contributed by atoms with van der Waals surface area (Å²) in [5, 5.41) is 8.68. The molecule has 0 bridgehead atoms. The number of benzene rings is 1. The van der Waals surface area contributed by atoms with Gasteiger partial charge in [0.15, 0.2) is 11.5 Å². The van der Waals surface area contributed by atoms with Crippen LogP contribution in [0.2, 0.25) is 0 Å². The summed E-state index contributed by atoms with van der Waals surface area (Å²) >= 11 is 2.09. The molecule has 21 heavy (non-hydrogen) atoms. The lowest BCUT2D eigenvalue weighted by atomic mass is 10.0. The molecule has 1 aromatic rings. The highest BCUT2D eigenvalue weighted by atomic mass is 127. The normalized spacial score (nSPS) is 10.3. The van der Waals surface area contributed by atoms with Gasteiger partial charge < -0.3 is 14.6 Å². The molecule has 0 heterocycles. The molecule has 0 saturated heterocycles. The van der Waals surface area contributed by atoms with Gasteiger partial charge in [-0.2, -0.15) is 0 Å². The average molecular weight is 406 g/mol. The molecule has 1 aromatic carbocycles. The average Bonchev–Trinajstić information content (AvgIpc) is 2.41. The Balaban J connectivity index is 2.74. The van der Waals surface area contributed by atoms with E-state index in [0.717, 1.165) is 15.6 Å². The third kappa shape index (κ3) is 6.01. The van der Waals surface area contributed by atoms with Crippen molar-refractivity contribution in [2.75, 3.05) is 13.7 Å². The van der Waals surface area contributed by atoms with E-state index in [0.29, 0.717) is 24.3 Å². The number of halogens is 1. The maximum atomic E-state index is 11.4. The lowest BCUT2D eigenvalue weighted by Crippen LogP contribution is -2.06. The summed E-state index contributed by atoms with van der Waals surface area (Å²) in [6.45, 7) is 1.25. The molecule has 0 aromatic heterocycles. The minimum atomic E-state index is -0.395. The summed E-state index contributed by atoms with van der Waals surface area (Å²) in [5.41, 5.74) is 1.02. The third-order valence-electron chi connectivity index (χ3n) is 2.85. The van der Waals surface area contributed by atoms with Crippen LogP contribution < -0.4 is 9.47 Å². The lowest BCUT2D eigenvalue weighted by molar-refractivity contribution is -0.132. The number of hydrogen-bond acceptors (Lipinski definition) is 5. The number of ketones is 1. The summed E-state index contributed by atoms with van der Waals surface area (Å²) < 4.78 is 11.2. The van der Waals surface area contributed by atoms with Gasteiger partial charge in [-0.3, -0.25) is 9.59 Å². The van der Waals surface area contributed by atoms with Gasteiger partial charge in [0.05, 0.1) is 10.7 Å². The van der Waals surface area contributed by atoms with Crippen LogP contribution in [0.5, 0.6) is 11.5 Å². The molecule has 0 aliphatic rings. The quantitative estimate of drug-likeness (QED) is 0.408. The van der Waals surface area contributed by atoms with Crippen molar-refractivity contribution >= 4 is 34.3 Å². The Hall–Kier alpha value is -1.15. The highest BCUT2D eigenvalue weighted by Crippen LogP contribution is 2.34. The lowest BCUT2D eigenvalue weighted by Gasteiger charge is -2.12. The number of ether oxygens (including phenoxy) is 2. The zero-order valence-corrected chi connectivity index (χ0v) is 14.3. The molecule has 0 radical (unpaired) electrons. The molecule has 0 aliphatic heterocycles. The van der Waals surface area contributed by atoms with Gasteiger partial charge in [-0.15, -0.1) is 0 Å². The minimum absolute atomic E-state index is 0.0655. The van der Waals surface area contributed by atoms with Crippen molar-refractivity contribution in [3.05, 3.63) is 21.3 Å². The molecule has 0 fully saturated rings. The standard InChI is InChI=1S/C15H19IO5/c1-10(18)21-15-13(16)8-11(9-14(15)20-2)4-3-5-12(19)6-7-17/h8-9,17H,3-7H2,1-2H3. The first-order valence-corrected chi connectivity index (χ1v) is 7.73. The Morgan fingerprint density at radius 3 is 2.57 bits per heavy atom. The van der Waals surface area contributed by atoms with Crippen LogP contribution >= 0.6 is 22.6 Å². The highest BCUT2D eigenvalue weighted by Gasteiger charge is 2.13. The van der Waals surface area contributed by atoms with E-state index in [1.54, 1.807) is 0 Å². The van der Waals surface area contributed by atoms with Crippen LogP contribution in [0.15, 0.2) is 12.1 Å². The topological polar surface area (TPSA) is 72.8 Å². The van der Waals surface area contributed by atoms with Crippen molar-refractivity contribution in [2.45, 2.75) is 32.6 Å². The highest BCUT2D eigenvalue weighted by molar-refractivity contribution is 14.1. The van der Waals surface area contributed by atoms with E-state index < -0.39 is 5.97 Å². The van der Waals surface area contributed by atoms with Gasteiger partial charge in [-0.25, -0.2) is 0 Å². The van der Waals surface area contributed by atoms with Crippen molar-refractivity contribution < 1.29 is 24.2 Å². The molecule has 6 heteroatoms. The maximum Gasteiger partial charge on any atom is 0.308 e. The second-order valence-electron chi connectivity index (χ2n) is 4.57. The summed E-state index contributed by atoms with van der Waals surface area (Å²) in [7, 11) is 1.52. The Labute approximate surface area is 137 Å². The van der Waals surface area contributed by atoms with Crippen LogP contribution in [0.25, 0.3) is 0 Å². The van der Waals surface area contributed by atoms with Crippen LogP contribution in [-0.2, 0) is 16.0 Å². The Morgan fingerprint density at radius 1 is 1.29 bits per heavy atom. The fourth-order valence-corrected chi connectivity index (χ4v) is 2.68. The van der Waals surface area contributed by atoms with Crippen molar-refractivity contribution in [2.24, 2.45) is 0 Å². The fourth-order valence-electron chi connectivity index (χ4n) is 1.90.